The van der Waals surface area contributed by atoms with Gasteiger partial charge in [-0.3, -0.25) is 9.48 Å². The molecule has 0 radical (unpaired) electrons. The zero-order chi connectivity index (χ0) is 27.0. The molecule has 38 heavy (non-hydrogen) atoms. The molecule has 5 aromatic rings. The van der Waals surface area contributed by atoms with Crippen molar-refractivity contribution in [3.63, 3.8) is 0 Å². The summed E-state index contributed by atoms with van der Waals surface area (Å²) in [4.78, 5) is 17.5. The monoisotopic (exact) mass is 554 g/mol. The van der Waals surface area contributed by atoms with Gasteiger partial charge in [-0.1, -0.05) is 59.6 Å². The first-order valence-electron chi connectivity index (χ1n) is 11.7. The summed E-state index contributed by atoms with van der Waals surface area (Å²) in [6.45, 7) is 3.56. The Hall–Kier alpha value is -3.82. The van der Waals surface area contributed by atoms with Gasteiger partial charge in [0.1, 0.15) is 6.54 Å². The number of nitrogens with zero attached hydrogens (tertiary/aromatic N) is 5. The molecule has 0 unspecified atom stereocenters. The number of fused-ring (bicyclic) bond motifs is 1. The van der Waals surface area contributed by atoms with Crippen LogP contribution in [0, 0.1) is 13.8 Å². The van der Waals surface area contributed by atoms with E-state index in [4.69, 9.17) is 23.2 Å². The second-order valence-corrected chi connectivity index (χ2v) is 9.60. The number of pyridine rings is 1. The molecule has 0 aliphatic rings. The van der Waals surface area contributed by atoms with Crippen molar-refractivity contribution in [2.45, 2.75) is 33.4 Å². The Labute approximate surface area is 227 Å². The van der Waals surface area contributed by atoms with Crippen LogP contribution in [-0.2, 0) is 17.9 Å². The number of halogens is 4. The minimum Gasteiger partial charge on any atom is -0.308 e. The number of amides is 1. The van der Waals surface area contributed by atoms with Crippen LogP contribution in [0.3, 0.4) is 0 Å². The summed E-state index contributed by atoms with van der Waals surface area (Å²) in [6, 6.07) is 17.4. The smallest absolute Gasteiger partial charge is 0.264 e. The lowest BCUT2D eigenvalue weighted by Crippen LogP contribution is -2.20. The first-order chi connectivity index (χ1) is 18.2. The number of carbonyl (C=O) groups excluding carboxylic acids is 1. The standard InChI is InChI=1S/C27H22Cl2F2N6O/c1-15-11-23(35-36(15)13-19-20(28)9-6-10-21(19)29)33-24(38)14-37-27-25(16(2)34-37)18(26(30)31)12-22(32-27)17-7-4-3-5-8-17/h3-12,26H,13-14H2,1-2H3,(H,33,35,38). The number of alkyl halides is 2. The summed E-state index contributed by atoms with van der Waals surface area (Å²) >= 11 is 12.6. The topological polar surface area (TPSA) is 77.6 Å². The molecule has 1 N–H and O–H groups in total. The third kappa shape index (κ3) is 5.12. The van der Waals surface area contributed by atoms with E-state index in [2.05, 4.69) is 20.5 Å². The van der Waals surface area contributed by atoms with Gasteiger partial charge < -0.3 is 5.32 Å². The maximum Gasteiger partial charge on any atom is 0.264 e. The molecule has 11 heteroatoms. The van der Waals surface area contributed by atoms with Crippen molar-refractivity contribution in [2.24, 2.45) is 0 Å². The van der Waals surface area contributed by atoms with Crippen LogP contribution in [0.4, 0.5) is 14.6 Å². The molecule has 0 saturated heterocycles. The lowest BCUT2D eigenvalue weighted by molar-refractivity contribution is -0.116. The highest BCUT2D eigenvalue weighted by Crippen LogP contribution is 2.33. The Morgan fingerprint density at radius 3 is 2.37 bits per heavy atom. The maximum absolute atomic E-state index is 14.0. The van der Waals surface area contributed by atoms with E-state index in [1.807, 2.05) is 13.0 Å². The molecule has 0 spiro atoms. The fourth-order valence-corrected chi connectivity index (χ4v) is 4.83. The number of aromatic nitrogens is 5. The van der Waals surface area contributed by atoms with Gasteiger partial charge in [-0.25, -0.2) is 18.4 Å². The van der Waals surface area contributed by atoms with Crippen LogP contribution in [0.25, 0.3) is 22.3 Å². The Bertz CT molecular complexity index is 1630. The fourth-order valence-electron chi connectivity index (χ4n) is 4.31. The Morgan fingerprint density at radius 1 is 0.974 bits per heavy atom. The first kappa shape index (κ1) is 25.8. The highest BCUT2D eigenvalue weighted by molar-refractivity contribution is 6.36. The molecule has 0 atom stereocenters. The molecule has 0 bridgehead atoms. The third-order valence-corrected chi connectivity index (χ3v) is 6.83. The van der Waals surface area contributed by atoms with Crippen molar-refractivity contribution in [3.05, 3.63) is 93.2 Å². The SMILES string of the molecule is Cc1nn(CC(=O)Nc2cc(C)n(Cc3c(Cl)cccc3Cl)n2)c2nc(-c3ccccc3)cc(C(F)F)c12. The molecular formula is C27H22Cl2F2N6O. The quantitative estimate of drug-likeness (QED) is 0.239. The van der Waals surface area contributed by atoms with Crippen LogP contribution in [0.5, 0.6) is 0 Å². The van der Waals surface area contributed by atoms with Crippen LogP contribution in [-0.4, -0.2) is 30.5 Å². The largest absolute Gasteiger partial charge is 0.308 e. The van der Waals surface area contributed by atoms with E-state index in [0.717, 1.165) is 5.69 Å². The van der Waals surface area contributed by atoms with Crippen molar-refractivity contribution in [2.75, 3.05) is 5.32 Å². The van der Waals surface area contributed by atoms with E-state index in [9.17, 15) is 13.6 Å². The predicted octanol–water partition coefficient (Wildman–Crippen LogP) is 6.84. The predicted molar refractivity (Wildman–Crippen MR) is 144 cm³/mol. The van der Waals surface area contributed by atoms with Gasteiger partial charge in [-0.2, -0.15) is 10.2 Å². The summed E-state index contributed by atoms with van der Waals surface area (Å²) in [5, 5.41) is 12.8. The highest BCUT2D eigenvalue weighted by Gasteiger charge is 2.22. The number of nitrogens with one attached hydrogen (secondary N) is 1. The van der Waals surface area contributed by atoms with E-state index in [0.29, 0.717) is 44.9 Å². The Morgan fingerprint density at radius 2 is 1.68 bits per heavy atom. The van der Waals surface area contributed by atoms with Gasteiger partial charge in [0, 0.05) is 38.5 Å². The molecule has 3 aromatic heterocycles. The minimum atomic E-state index is -2.73. The Kier molecular flexibility index (Phi) is 7.14. The van der Waals surface area contributed by atoms with Gasteiger partial charge in [0.15, 0.2) is 11.5 Å². The summed E-state index contributed by atoms with van der Waals surface area (Å²) in [5.41, 5.74) is 2.97. The molecule has 0 aliphatic heterocycles. The number of carbonyl (C=O) groups is 1. The van der Waals surface area contributed by atoms with Crippen molar-refractivity contribution in [3.8, 4) is 11.3 Å². The zero-order valence-electron chi connectivity index (χ0n) is 20.4. The second kappa shape index (κ2) is 10.5. The maximum atomic E-state index is 14.0. The number of rotatable bonds is 7. The second-order valence-electron chi connectivity index (χ2n) is 8.78. The van der Waals surface area contributed by atoms with Crippen LogP contribution < -0.4 is 5.32 Å². The molecule has 5 rings (SSSR count). The summed E-state index contributed by atoms with van der Waals surface area (Å²) < 4.78 is 31.0. The molecule has 0 saturated carbocycles. The lowest BCUT2D eigenvalue weighted by atomic mass is 10.1. The summed E-state index contributed by atoms with van der Waals surface area (Å²) in [5.74, 6) is -0.101. The van der Waals surface area contributed by atoms with E-state index in [1.54, 1.807) is 60.1 Å². The van der Waals surface area contributed by atoms with Crippen LogP contribution >= 0.6 is 23.2 Å². The third-order valence-electron chi connectivity index (χ3n) is 6.12. The number of benzene rings is 2. The van der Waals surface area contributed by atoms with E-state index >= 15 is 0 Å². The molecule has 0 aliphatic carbocycles. The zero-order valence-corrected chi connectivity index (χ0v) is 21.9. The Balaban J connectivity index is 1.42. The van der Waals surface area contributed by atoms with Gasteiger partial charge in [0.25, 0.3) is 6.43 Å². The van der Waals surface area contributed by atoms with Gasteiger partial charge in [-0.15, -0.1) is 0 Å². The van der Waals surface area contributed by atoms with E-state index in [-0.39, 0.29) is 23.1 Å². The normalized spacial score (nSPS) is 11.4. The average molecular weight is 555 g/mol. The van der Waals surface area contributed by atoms with Gasteiger partial charge >= 0.3 is 0 Å². The van der Waals surface area contributed by atoms with Crippen molar-refractivity contribution < 1.29 is 13.6 Å². The van der Waals surface area contributed by atoms with Gasteiger partial charge in [-0.05, 0) is 32.0 Å². The van der Waals surface area contributed by atoms with Crippen LogP contribution in [0.1, 0.15) is 28.9 Å². The number of anilines is 1. The molecule has 0 fully saturated rings. The van der Waals surface area contributed by atoms with E-state index < -0.39 is 12.3 Å². The highest BCUT2D eigenvalue weighted by atomic mass is 35.5. The minimum absolute atomic E-state index is 0.175. The van der Waals surface area contributed by atoms with Gasteiger partial charge in [0.05, 0.1) is 23.3 Å². The van der Waals surface area contributed by atoms with Gasteiger partial charge in [0.2, 0.25) is 5.91 Å². The van der Waals surface area contributed by atoms with Crippen LogP contribution in [0.2, 0.25) is 10.0 Å². The first-order valence-corrected chi connectivity index (χ1v) is 12.5. The molecule has 2 aromatic carbocycles. The molecule has 194 valence electrons. The van der Waals surface area contributed by atoms with Crippen molar-refractivity contribution in [1.82, 2.24) is 24.5 Å². The van der Waals surface area contributed by atoms with E-state index in [1.165, 1.54) is 10.7 Å². The molecule has 7 nitrogen and oxygen atoms in total. The molecule has 3 heterocycles. The number of aryl methyl sites for hydroxylation is 2. The van der Waals surface area contributed by atoms with Crippen molar-refractivity contribution >= 4 is 46.0 Å². The summed E-state index contributed by atoms with van der Waals surface area (Å²) in [7, 11) is 0. The molecular weight excluding hydrogens is 533 g/mol. The fraction of sp³-hybridized carbons (Fsp3) is 0.185. The molecule has 1 amide bonds. The van der Waals surface area contributed by atoms with Crippen LogP contribution in [0.15, 0.2) is 60.7 Å². The summed E-state index contributed by atoms with van der Waals surface area (Å²) in [6.07, 6.45) is -2.73. The lowest BCUT2D eigenvalue weighted by Gasteiger charge is -2.09. The number of hydrogen-bond acceptors (Lipinski definition) is 4. The average Bonchev–Trinajstić information content (AvgIpc) is 3.39. The number of hydrogen-bond donors (Lipinski definition) is 1. The van der Waals surface area contributed by atoms with Crippen molar-refractivity contribution in [1.29, 1.82) is 0 Å².